The summed E-state index contributed by atoms with van der Waals surface area (Å²) >= 11 is 12.8. The molecule has 40 heavy (non-hydrogen) atoms. The molecule has 0 N–H and O–H groups in total. The van der Waals surface area contributed by atoms with E-state index in [9.17, 15) is 4.79 Å². The average molecular weight is 578 g/mol. The lowest BCUT2D eigenvalue weighted by Crippen LogP contribution is -2.50. The summed E-state index contributed by atoms with van der Waals surface area (Å²) < 4.78 is 6.08. The van der Waals surface area contributed by atoms with Crippen molar-refractivity contribution < 1.29 is 9.53 Å². The van der Waals surface area contributed by atoms with E-state index >= 15 is 0 Å². The van der Waals surface area contributed by atoms with E-state index in [1.807, 2.05) is 99.3 Å². The minimum Gasteiger partial charge on any atom is -0.457 e. The first-order chi connectivity index (χ1) is 19.5. The molecule has 1 unspecified atom stereocenters. The highest BCUT2D eigenvalue weighted by Gasteiger charge is 2.33. The molecule has 0 bridgehead atoms. The molecule has 0 aliphatic carbocycles. The number of rotatable bonds is 5. The predicted molar refractivity (Wildman–Crippen MR) is 169 cm³/mol. The van der Waals surface area contributed by atoms with Crippen molar-refractivity contribution in [3.8, 4) is 11.5 Å². The molecule has 0 saturated carbocycles. The fourth-order valence-corrected chi connectivity index (χ4v) is 5.08. The van der Waals surface area contributed by atoms with Gasteiger partial charge in [-0.1, -0.05) is 111 Å². The summed E-state index contributed by atoms with van der Waals surface area (Å²) in [5.74, 6) is 1.18. The molecule has 4 nitrogen and oxygen atoms in total. The summed E-state index contributed by atoms with van der Waals surface area (Å²) in [4.78, 5) is 17.9. The van der Waals surface area contributed by atoms with E-state index in [1.54, 1.807) is 6.07 Å². The van der Waals surface area contributed by atoms with Gasteiger partial charge in [-0.25, -0.2) is 0 Å². The zero-order chi connectivity index (χ0) is 29.1. The number of ether oxygens (including phenoxy) is 1. The lowest BCUT2D eigenvalue weighted by Gasteiger charge is -2.43. The molecular formula is C34H38Cl2N2O2. The third-order valence-corrected chi connectivity index (χ3v) is 6.98. The summed E-state index contributed by atoms with van der Waals surface area (Å²) in [6.07, 6.45) is 0. The number of hydrogen-bond acceptors (Lipinski definition) is 3. The van der Waals surface area contributed by atoms with Crippen LogP contribution in [0.3, 0.4) is 0 Å². The van der Waals surface area contributed by atoms with Crippen LogP contribution >= 0.6 is 23.2 Å². The Bertz CT molecular complexity index is 1360. The molecule has 1 fully saturated rings. The standard InChI is InChI=1S/C30H26Cl2N2O2.2C2H6/c1-21-11-13-22(14-12-21)28-20-33(17-18-34(28)27-16-15-23(31)19-26(27)32)30(35)25-9-5-6-10-29(25)36-24-7-3-2-4-8-24;2*1-2/h2-16,19,28H,17-18,20H2,1H3;2*1-2H3. The molecule has 1 aliphatic rings. The van der Waals surface area contributed by atoms with Gasteiger partial charge in [0.25, 0.3) is 5.91 Å². The van der Waals surface area contributed by atoms with Gasteiger partial charge in [0, 0.05) is 24.7 Å². The van der Waals surface area contributed by atoms with Gasteiger partial charge in [0.05, 0.1) is 22.3 Å². The highest BCUT2D eigenvalue weighted by molar-refractivity contribution is 6.36. The summed E-state index contributed by atoms with van der Waals surface area (Å²) in [6, 6.07) is 30.9. The van der Waals surface area contributed by atoms with Crippen LogP contribution in [0.4, 0.5) is 5.69 Å². The van der Waals surface area contributed by atoms with Crippen molar-refractivity contribution >= 4 is 34.8 Å². The van der Waals surface area contributed by atoms with E-state index in [4.69, 9.17) is 27.9 Å². The Kier molecular flexibility index (Phi) is 11.9. The fourth-order valence-electron chi connectivity index (χ4n) is 4.56. The fraction of sp³-hybridized carbons (Fsp3) is 0.265. The van der Waals surface area contributed by atoms with E-state index in [0.29, 0.717) is 46.7 Å². The minimum absolute atomic E-state index is 0.0551. The summed E-state index contributed by atoms with van der Waals surface area (Å²) in [5.41, 5.74) is 3.76. The van der Waals surface area contributed by atoms with Gasteiger partial charge in [-0.15, -0.1) is 0 Å². The molecule has 6 heteroatoms. The number of benzene rings is 4. The number of aryl methyl sites for hydroxylation is 1. The van der Waals surface area contributed by atoms with Crippen LogP contribution in [0.5, 0.6) is 11.5 Å². The Morgan fingerprint density at radius 1 is 0.800 bits per heavy atom. The first kappa shape index (κ1) is 31.1. The van der Waals surface area contributed by atoms with E-state index in [-0.39, 0.29) is 11.9 Å². The average Bonchev–Trinajstić information content (AvgIpc) is 3.00. The van der Waals surface area contributed by atoms with Crippen molar-refractivity contribution in [3.63, 3.8) is 0 Å². The molecule has 210 valence electrons. The smallest absolute Gasteiger partial charge is 0.257 e. The van der Waals surface area contributed by atoms with E-state index in [0.717, 1.165) is 11.3 Å². The number of piperazine rings is 1. The van der Waals surface area contributed by atoms with Crippen LogP contribution in [-0.2, 0) is 0 Å². The Balaban J connectivity index is 0.00000106. The van der Waals surface area contributed by atoms with Gasteiger partial charge in [-0.05, 0) is 55.0 Å². The number of halogens is 2. The van der Waals surface area contributed by atoms with Crippen molar-refractivity contribution in [2.75, 3.05) is 24.5 Å². The molecule has 1 heterocycles. The molecule has 4 aromatic rings. The number of amides is 1. The maximum atomic E-state index is 13.8. The van der Waals surface area contributed by atoms with Gasteiger partial charge >= 0.3 is 0 Å². The topological polar surface area (TPSA) is 32.8 Å². The molecule has 5 rings (SSSR count). The normalized spacial score (nSPS) is 14.3. The number of carbonyl (C=O) groups excluding carboxylic acids is 1. The molecule has 1 aliphatic heterocycles. The zero-order valence-electron chi connectivity index (χ0n) is 23.9. The molecule has 0 aromatic heterocycles. The van der Waals surface area contributed by atoms with Crippen LogP contribution in [0.25, 0.3) is 0 Å². The monoisotopic (exact) mass is 576 g/mol. The second-order valence-corrected chi connectivity index (χ2v) is 9.72. The van der Waals surface area contributed by atoms with Crippen LogP contribution < -0.4 is 9.64 Å². The van der Waals surface area contributed by atoms with Crippen LogP contribution in [0.2, 0.25) is 10.0 Å². The molecule has 0 spiro atoms. The van der Waals surface area contributed by atoms with Crippen molar-refractivity contribution in [2.45, 2.75) is 40.7 Å². The molecule has 0 radical (unpaired) electrons. The van der Waals surface area contributed by atoms with Crippen LogP contribution in [0, 0.1) is 6.92 Å². The maximum Gasteiger partial charge on any atom is 0.257 e. The van der Waals surface area contributed by atoms with Gasteiger partial charge in [-0.3, -0.25) is 4.79 Å². The van der Waals surface area contributed by atoms with Crippen molar-refractivity contribution in [3.05, 3.63) is 124 Å². The quantitative estimate of drug-likeness (QED) is 0.237. The summed E-state index contributed by atoms with van der Waals surface area (Å²) in [6.45, 7) is 11.8. The van der Waals surface area contributed by atoms with E-state index in [2.05, 4.69) is 36.1 Å². The van der Waals surface area contributed by atoms with Crippen LogP contribution in [0.1, 0.15) is 55.2 Å². The number of nitrogens with zero attached hydrogens (tertiary/aromatic N) is 2. The first-order valence-electron chi connectivity index (χ1n) is 13.9. The minimum atomic E-state index is -0.0656. The molecular weight excluding hydrogens is 539 g/mol. The van der Waals surface area contributed by atoms with Gasteiger partial charge in [0.1, 0.15) is 11.5 Å². The maximum absolute atomic E-state index is 13.8. The van der Waals surface area contributed by atoms with Gasteiger partial charge in [0.15, 0.2) is 0 Å². The molecule has 4 aromatic carbocycles. The van der Waals surface area contributed by atoms with Gasteiger partial charge < -0.3 is 14.5 Å². The highest BCUT2D eigenvalue weighted by Crippen LogP contribution is 2.37. The third kappa shape index (κ3) is 7.59. The van der Waals surface area contributed by atoms with Crippen LogP contribution in [-0.4, -0.2) is 30.4 Å². The van der Waals surface area contributed by atoms with Crippen molar-refractivity contribution in [1.29, 1.82) is 0 Å². The van der Waals surface area contributed by atoms with Crippen molar-refractivity contribution in [2.24, 2.45) is 0 Å². The number of hydrogen-bond donors (Lipinski definition) is 0. The number of anilines is 1. The second kappa shape index (κ2) is 15.4. The second-order valence-electron chi connectivity index (χ2n) is 8.88. The largest absolute Gasteiger partial charge is 0.457 e. The van der Waals surface area contributed by atoms with E-state index in [1.165, 1.54) is 5.56 Å². The lowest BCUT2D eigenvalue weighted by atomic mass is 9.99. The molecule has 1 saturated heterocycles. The Morgan fingerprint density at radius 3 is 2.12 bits per heavy atom. The van der Waals surface area contributed by atoms with Crippen molar-refractivity contribution in [1.82, 2.24) is 4.90 Å². The Morgan fingerprint density at radius 2 is 1.45 bits per heavy atom. The lowest BCUT2D eigenvalue weighted by molar-refractivity contribution is 0.0719. The predicted octanol–water partition coefficient (Wildman–Crippen LogP) is 9.85. The van der Waals surface area contributed by atoms with Gasteiger partial charge in [0.2, 0.25) is 0 Å². The highest BCUT2D eigenvalue weighted by atomic mass is 35.5. The third-order valence-electron chi connectivity index (χ3n) is 6.44. The SMILES string of the molecule is CC.CC.Cc1ccc(C2CN(C(=O)c3ccccc3Oc3ccccc3)CCN2c2ccc(Cl)cc2Cl)cc1. The van der Waals surface area contributed by atoms with Gasteiger partial charge in [-0.2, -0.15) is 0 Å². The zero-order valence-corrected chi connectivity index (χ0v) is 25.4. The van der Waals surface area contributed by atoms with Crippen LogP contribution in [0.15, 0.2) is 97.1 Å². The summed E-state index contributed by atoms with van der Waals surface area (Å²) in [5, 5.41) is 1.19. The van der Waals surface area contributed by atoms with E-state index < -0.39 is 0 Å². The number of carbonyl (C=O) groups is 1. The first-order valence-corrected chi connectivity index (χ1v) is 14.6. The Labute approximate surface area is 249 Å². The molecule has 1 amide bonds. The number of para-hydroxylation sites is 2. The Hall–Kier alpha value is -3.47. The summed E-state index contributed by atoms with van der Waals surface area (Å²) in [7, 11) is 0. The molecule has 1 atom stereocenters.